The van der Waals surface area contributed by atoms with Gasteiger partial charge in [0.2, 0.25) is 11.8 Å². The van der Waals surface area contributed by atoms with E-state index in [1.807, 2.05) is 0 Å². The predicted octanol–water partition coefficient (Wildman–Crippen LogP) is -1.43. The minimum atomic E-state index is -0.263. The zero-order chi connectivity index (χ0) is 22.5. The summed E-state index contributed by atoms with van der Waals surface area (Å²) in [5, 5.41) is 5.34. The van der Waals surface area contributed by atoms with E-state index < -0.39 is 0 Å². The number of amides is 2. The van der Waals surface area contributed by atoms with Crippen molar-refractivity contribution >= 4 is 23.4 Å². The summed E-state index contributed by atoms with van der Waals surface area (Å²) in [6, 6.07) is 0. The van der Waals surface area contributed by atoms with E-state index in [-0.39, 0.29) is 56.4 Å². The van der Waals surface area contributed by atoms with Crippen LogP contribution in [0.1, 0.15) is 26.2 Å². The number of nitrogens with two attached hydrogens (primary N) is 1. The van der Waals surface area contributed by atoms with Gasteiger partial charge >= 0.3 is 0 Å². The van der Waals surface area contributed by atoms with Gasteiger partial charge in [-0.2, -0.15) is 0 Å². The van der Waals surface area contributed by atoms with Crippen molar-refractivity contribution in [1.29, 1.82) is 0 Å². The van der Waals surface area contributed by atoms with Crippen molar-refractivity contribution in [2.24, 2.45) is 5.73 Å². The molecule has 11 nitrogen and oxygen atoms in total. The van der Waals surface area contributed by atoms with Gasteiger partial charge in [-0.15, -0.1) is 0 Å². The monoisotopic (exact) mass is 433 g/mol. The summed E-state index contributed by atoms with van der Waals surface area (Å²) in [6.45, 7) is 3.92. The summed E-state index contributed by atoms with van der Waals surface area (Å²) < 4.78 is 20.8. The molecular weight excluding hydrogens is 398 g/mol. The van der Waals surface area contributed by atoms with Crippen LogP contribution >= 0.6 is 0 Å². The maximum absolute atomic E-state index is 11.5. The molecule has 0 aliphatic rings. The Morgan fingerprint density at radius 2 is 1.23 bits per heavy atom. The number of carbonyl (C=O) groups is 4. The molecule has 0 aromatic heterocycles. The molecular formula is C19H35N3O8. The average Bonchev–Trinajstić information content (AvgIpc) is 2.71. The SMILES string of the molecule is CC(=O)CCCC(=O)NCCOCCOCC(=O)NCCOCCOCC(=O)CN. The average molecular weight is 434 g/mol. The van der Waals surface area contributed by atoms with Crippen LogP contribution in [0.25, 0.3) is 0 Å². The third kappa shape index (κ3) is 20.8. The molecule has 4 N–H and O–H groups in total. The fourth-order valence-electron chi connectivity index (χ4n) is 2.01. The quantitative estimate of drug-likeness (QED) is 0.185. The molecule has 0 unspecified atom stereocenters. The van der Waals surface area contributed by atoms with Gasteiger partial charge < -0.3 is 40.1 Å². The largest absolute Gasteiger partial charge is 0.377 e. The molecule has 0 spiro atoms. The van der Waals surface area contributed by atoms with E-state index >= 15 is 0 Å². The highest BCUT2D eigenvalue weighted by molar-refractivity contribution is 5.81. The maximum atomic E-state index is 11.5. The molecule has 0 fully saturated rings. The molecule has 0 rings (SSSR count). The van der Waals surface area contributed by atoms with Gasteiger partial charge in [0.25, 0.3) is 0 Å². The van der Waals surface area contributed by atoms with E-state index in [4.69, 9.17) is 24.7 Å². The van der Waals surface area contributed by atoms with Gasteiger partial charge in [-0.25, -0.2) is 0 Å². The van der Waals surface area contributed by atoms with E-state index in [0.29, 0.717) is 58.8 Å². The van der Waals surface area contributed by atoms with E-state index in [9.17, 15) is 19.2 Å². The van der Waals surface area contributed by atoms with E-state index in [1.165, 1.54) is 6.92 Å². The molecule has 0 aromatic rings. The highest BCUT2D eigenvalue weighted by Crippen LogP contribution is 1.95. The van der Waals surface area contributed by atoms with E-state index in [1.54, 1.807) is 0 Å². The Labute approximate surface area is 177 Å². The number of rotatable bonds is 21. The molecule has 0 radical (unpaired) electrons. The first-order valence-corrected chi connectivity index (χ1v) is 10.0. The summed E-state index contributed by atoms with van der Waals surface area (Å²) in [7, 11) is 0. The fraction of sp³-hybridized carbons (Fsp3) is 0.789. The lowest BCUT2D eigenvalue weighted by Gasteiger charge is -2.08. The van der Waals surface area contributed by atoms with Crippen LogP contribution in [-0.4, -0.2) is 95.9 Å². The summed E-state index contributed by atoms with van der Waals surface area (Å²) in [4.78, 5) is 44.7. The number of Topliss-reactive ketones (excluding diaryl/α,β-unsaturated/α-hetero) is 2. The van der Waals surface area contributed by atoms with Gasteiger partial charge in [0.05, 0.1) is 46.2 Å². The van der Waals surface area contributed by atoms with Crippen molar-refractivity contribution in [2.45, 2.75) is 26.2 Å². The molecule has 0 aliphatic heterocycles. The van der Waals surface area contributed by atoms with Gasteiger partial charge in [-0.05, 0) is 13.3 Å². The van der Waals surface area contributed by atoms with Crippen LogP contribution < -0.4 is 16.4 Å². The lowest BCUT2D eigenvalue weighted by Crippen LogP contribution is -2.31. The maximum Gasteiger partial charge on any atom is 0.246 e. The first-order chi connectivity index (χ1) is 14.5. The second-order valence-corrected chi connectivity index (χ2v) is 6.33. The highest BCUT2D eigenvalue weighted by atomic mass is 16.5. The van der Waals surface area contributed by atoms with Crippen LogP contribution in [0.4, 0.5) is 0 Å². The van der Waals surface area contributed by atoms with Gasteiger partial charge in [0, 0.05) is 25.9 Å². The first-order valence-electron chi connectivity index (χ1n) is 10.0. The lowest BCUT2D eigenvalue weighted by atomic mass is 10.2. The minimum absolute atomic E-state index is 0.0193. The molecule has 0 heterocycles. The van der Waals surface area contributed by atoms with Crippen molar-refractivity contribution < 1.29 is 38.1 Å². The van der Waals surface area contributed by atoms with Crippen LogP contribution in [-0.2, 0) is 38.1 Å². The smallest absolute Gasteiger partial charge is 0.246 e. The zero-order valence-electron chi connectivity index (χ0n) is 17.7. The van der Waals surface area contributed by atoms with Crippen LogP contribution in [0, 0.1) is 0 Å². The van der Waals surface area contributed by atoms with Crippen LogP contribution in [0.2, 0.25) is 0 Å². The van der Waals surface area contributed by atoms with Gasteiger partial charge in [0.15, 0.2) is 5.78 Å². The number of carbonyl (C=O) groups excluding carboxylic acids is 4. The molecule has 174 valence electrons. The summed E-state index contributed by atoms with van der Waals surface area (Å²) in [5.41, 5.74) is 5.14. The highest BCUT2D eigenvalue weighted by Gasteiger charge is 2.03. The minimum Gasteiger partial charge on any atom is -0.377 e. The summed E-state index contributed by atoms with van der Waals surface area (Å²) in [6.07, 6.45) is 1.29. The number of ketones is 2. The van der Waals surface area contributed by atoms with Crippen LogP contribution in [0.5, 0.6) is 0 Å². The fourth-order valence-corrected chi connectivity index (χ4v) is 2.01. The first kappa shape index (κ1) is 28.1. The molecule has 0 atom stereocenters. The molecule has 2 amide bonds. The summed E-state index contributed by atoms with van der Waals surface area (Å²) >= 11 is 0. The Balaban J connectivity index is 3.31. The Hall–Kier alpha value is -1.92. The molecule has 11 heteroatoms. The van der Waals surface area contributed by atoms with E-state index in [0.717, 1.165) is 0 Å². The van der Waals surface area contributed by atoms with E-state index in [2.05, 4.69) is 10.6 Å². The van der Waals surface area contributed by atoms with Gasteiger partial charge in [0.1, 0.15) is 19.0 Å². The molecule has 0 saturated heterocycles. The van der Waals surface area contributed by atoms with Crippen LogP contribution in [0.3, 0.4) is 0 Å². The normalized spacial score (nSPS) is 10.6. The second kappa shape index (κ2) is 20.4. The van der Waals surface area contributed by atoms with Crippen molar-refractivity contribution in [3.05, 3.63) is 0 Å². The molecule has 0 bridgehead atoms. The number of hydrogen-bond acceptors (Lipinski definition) is 9. The number of hydrogen-bond donors (Lipinski definition) is 3. The van der Waals surface area contributed by atoms with Crippen LogP contribution in [0.15, 0.2) is 0 Å². The molecule has 0 aromatic carbocycles. The standard InChI is InChI=1S/C19H35N3O8/c1-16(23)3-2-4-18(25)21-5-7-27-10-12-30-15-19(26)22-6-8-28-9-11-29-14-17(24)13-20/h2-15,20H2,1H3,(H,21,25)(H,22,26). The second-order valence-electron chi connectivity index (χ2n) is 6.33. The van der Waals surface area contributed by atoms with Gasteiger partial charge in [-0.1, -0.05) is 0 Å². The number of ether oxygens (including phenoxy) is 4. The molecule has 30 heavy (non-hydrogen) atoms. The predicted molar refractivity (Wildman–Crippen MR) is 108 cm³/mol. The Morgan fingerprint density at radius 3 is 1.80 bits per heavy atom. The third-order valence-corrected chi connectivity index (χ3v) is 3.54. The van der Waals surface area contributed by atoms with Crippen molar-refractivity contribution in [2.75, 3.05) is 72.5 Å². The third-order valence-electron chi connectivity index (χ3n) is 3.54. The van der Waals surface area contributed by atoms with Crippen molar-refractivity contribution in [3.8, 4) is 0 Å². The molecule has 0 aliphatic carbocycles. The number of nitrogens with one attached hydrogen (secondary N) is 2. The van der Waals surface area contributed by atoms with Gasteiger partial charge in [-0.3, -0.25) is 14.4 Å². The molecule has 0 saturated carbocycles. The Kier molecular flexibility index (Phi) is 19.1. The summed E-state index contributed by atoms with van der Waals surface area (Å²) in [5.74, 6) is -0.461. The Bertz CT molecular complexity index is 502. The van der Waals surface area contributed by atoms with Crippen molar-refractivity contribution in [3.63, 3.8) is 0 Å². The lowest BCUT2D eigenvalue weighted by molar-refractivity contribution is -0.127. The zero-order valence-corrected chi connectivity index (χ0v) is 17.7. The topological polar surface area (TPSA) is 155 Å². The Morgan fingerprint density at radius 1 is 0.700 bits per heavy atom. The van der Waals surface area contributed by atoms with Crippen molar-refractivity contribution in [1.82, 2.24) is 10.6 Å².